The molecule has 1 amide bonds. The van der Waals surface area contributed by atoms with Gasteiger partial charge in [0.1, 0.15) is 0 Å². The van der Waals surface area contributed by atoms with E-state index in [1.165, 1.54) is 6.26 Å². The summed E-state index contributed by atoms with van der Waals surface area (Å²) in [6, 6.07) is 19.2. The van der Waals surface area contributed by atoms with Gasteiger partial charge in [0.15, 0.2) is 5.37 Å². The van der Waals surface area contributed by atoms with Crippen LogP contribution in [-0.2, 0) is 27.2 Å². The van der Waals surface area contributed by atoms with E-state index in [0.29, 0.717) is 24.1 Å². The summed E-state index contributed by atoms with van der Waals surface area (Å²) in [6.07, 6.45) is 2.52. The van der Waals surface area contributed by atoms with E-state index >= 15 is 0 Å². The van der Waals surface area contributed by atoms with Crippen molar-refractivity contribution < 1.29 is 19.2 Å². The van der Waals surface area contributed by atoms with Crippen molar-refractivity contribution in [3.05, 3.63) is 77.4 Å². The highest BCUT2D eigenvalue weighted by molar-refractivity contribution is 7.90. The molecule has 0 radical (unpaired) electrons. The third-order valence-corrected chi connectivity index (χ3v) is 6.59. The predicted octanol–water partition coefficient (Wildman–Crippen LogP) is 4.33. The molecular formula is C25H28N2O4S. The maximum Gasteiger partial charge on any atom is 0.303 e. The third-order valence-electron chi connectivity index (χ3n) is 5.60. The number of hydrogen-bond donors (Lipinski definition) is 3. The van der Waals surface area contributed by atoms with Crippen LogP contribution in [0, 0.1) is 0 Å². The zero-order valence-electron chi connectivity index (χ0n) is 18.2. The van der Waals surface area contributed by atoms with Gasteiger partial charge in [0.2, 0.25) is 5.91 Å². The van der Waals surface area contributed by atoms with E-state index < -0.39 is 28.4 Å². The third kappa shape index (κ3) is 5.68. The molecule has 0 aliphatic carbocycles. The number of hydrogen-bond acceptors (Lipinski definition) is 4. The molecule has 3 aromatic rings. The molecule has 0 saturated carbocycles. The molecule has 0 spiro atoms. The highest BCUT2D eigenvalue weighted by atomic mass is 32.2. The number of amides is 1. The van der Waals surface area contributed by atoms with E-state index in [9.17, 15) is 14.1 Å². The lowest BCUT2D eigenvalue weighted by Gasteiger charge is -2.19. The van der Waals surface area contributed by atoms with Gasteiger partial charge in [0.05, 0.1) is 12.2 Å². The van der Waals surface area contributed by atoms with Crippen molar-refractivity contribution in [1.29, 1.82) is 0 Å². The maximum atomic E-state index is 13.2. The SMILES string of the molecule is CC(C(=O)Nc1cc(C(N)[S+](C)[O-])ccc1CCCC(=O)O)c1cccc2ccccc12. The Hall–Kier alpha value is -2.87. The number of anilines is 1. The van der Waals surface area contributed by atoms with Crippen LogP contribution in [0.25, 0.3) is 10.8 Å². The van der Waals surface area contributed by atoms with Crippen molar-refractivity contribution in [3.63, 3.8) is 0 Å². The van der Waals surface area contributed by atoms with Crippen molar-refractivity contribution in [2.45, 2.75) is 37.5 Å². The second-order valence-electron chi connectivity index (χ2n) is 7.86. The smallest absolute Gasteiger partial charge is 0.303 e. The minimum Gasteiger partial charge on any atom is -0.615 e. The Morgan fingerprint density at radius 3 is 2.56 bits per heavy atom. The fraction of sp³-hybridized carbons (Fsp3) is 0.280. The fourth-order valence-corrected chi connectivity index (χ4v) is 4.27. The summed E-state index contributed by atoms with van der Waals surface area (Å²) in [7, 11) is 0. The predicted molar refractivity (Wildman–Crippen MR) is 129 cm³/mol. The Morgan fingerprint density at radius 1 is 1.12 bits per heavy atom. The lowest BCUT2D eigenvalue weighted by molar-refractivity contribution is -0.137. The fourth-order valence-electron chi connectivity index (χ4n) is 3.74. The number of carboxylic acid groups (broad SMARTS) is 1. The van der Waals surface area contributed by atoms with Crippen molar-refractivity contribution in [2.24, 2.45) is 5.73 Å². The molecule has 0 bridgehead atoms. The number of benzene rings is 3. The maximum absolute atomic E-state index is 13.2. The minimum absolute atomic E-state index is 0.0417. The number of fused-ring (bicyclic) bond motifs is 1. The van der Waals surface area contributed by atoms with Crippen LogP contribution < -0.4 is 11.1 Å². The molecular weight excluding hydrogens is 424 g/mol. The zero-order chi connectivity index (χ0) is 23.3. The van der Waals surface area contributed by atoms with Crippen LogP contribution in [0.15, 0.2) is 60.7 Å². The Morgan fingerprint density at radius 2 is 1.84 bits per heavy atom. The summed E-state index contributed by atoms with van der Waals surface area (Å²) in [5.74, 6) is -1.45. The minimum atomic E-state index is -1.27. The molecule has 0 fully saturated rings. The Kier molecular flexibility index (Phi) is 7.90. The van der Waals surface area contributed by atoms with Crippen LogP contribution >= 0.6 is 0 Å². The quantitative estimate of drug-likeness (QED) is 0.418. The van der Waals surface area contributed by atoms with Crippen molar-refractivity contribution in [3.8, 4) is 0 Å². The lowest BCUT2D eigenvalue weighted by Crippen LogP contribution is -2.22. The van der Waals surface area contributed by atoms with Crippen LogP contribution in [0.1, 0.15) is 47.7 Å². The van der Waals surface area contributed by atoms with E-state index in [1.54, 1.807) is 12.1 Å². The van der Waals surface area contributed by atoms with Gasteiger partial charge in [-0.05, 0) is 58.9 Å². The van der Waals surface area contributed by atoms with Crippen LogP contribution in [-0.4, -0.2) is 27.8 Å². The Bertz CT molecular complexity index is 1110. The van der Waals surface area contributed by atoms with Crippen LogP contribution in [0.2, 0.25) is 0 Å². The molecule has 32 heavy (non-hydrogen) atoms. The number of rotatable bonds is 9. The normalized spacial score (nSPS) is 14.0. The van der Waals surface area contributed by atoms with E-state index in [1.807, 2.05) is 55.5 Å². The number of aliphatic carboxylic acids is 1. The Labute approximate surface area is 191 Å². The van der Waals surface area contributed by atoms with Crippen molar-refractivity contribution >= 4 is 39.5 Å². The van der Waals surface area contributed by atoms with Gasteiger partial charge in [-0.25, -0.2) is 0 Å². The van der Waals surface area contributed by atoms with Gasteiger partial charge in [-0.3, -0.25) is 15.3 Å². The zero-order valence-corrected chi connectivity index (χ0v) is 19.0. The van der Waals surface area contributed by atoms with Crippen LogP contribution in [0.3, 0.4) is 0 Å². The van der Waals surface area contributed by atoms with Gasteiger partial charge < -0.3 is 15.0 Å². The summed E-state index contributed by atoms with van der Waals surface area (Å²) in [5, 5.41) is 13.4. The first-order valence-electron chi connectivity index (χ1n) is 10.5. The van der Waals surface area contributed by atoms with E-state index in [-0.39, 0.29) is 12.3 Å². The van der Waals surface area contributed by atoms with Gasteiger partial charge in [-0.15, -0.1) is 0 Å². The first-order valence-corrected chi connectivity index (χ1v) is 12.1. The van der Waals surface area contributed by atoms with Gasteiger partial charge >= 0.3 is 5.97 Å². The second-order valence-corrected chi connectivity index (χ2v) is 9.37. The number of carboxylic acids is 1. The molecule has 4 N–H and O–H groups in total. The van der Waals surface area contributed by atoms with E-state index in [0.717, 1.165) is 21.9 Å². The second kappa shape index (κ2) is 10.6. The molecule has 0 aliphatic rings. The summed E-state index contributed by atoms with van der Waals surface area (Å²) < 4.78 is 11.9. The van der Waals surface area contributed by atoms with E-state index in [4.69, 9.17) is 10.8 Å². The highest BCUT2D eigenvalue weighted by Crippen LogP contribution is 2.29. The van der Waals surface area contributed by atoms with Gasteiger partial charge in [-0.2, -0.15) is 0 Å². The molecule has 168 valence electrons. The molecule has 0 heterocycles. The first kappa shape index (κ1) is 23.8. The average molecular weight is 453 g/mol. The summed E-state index contributed by atoms with van der Waals surface area (Å²) in [6.45, 7) is 1.86. The van der Waals surface area contributed by atoms with Crippen LogP contribution in [0.5, 0.6) is 0 Å². The molecule has 7 heteroatoms. The number of nitrogens with two attached hydrogens (primary N) is 1. The largest absolute Gasteiger partial charge is 0.615 e. The first-order chi connectivity index (χ1) is 15.3. The molecule has 6 nitrogen and oxygen atoms in total. The van der Waals surface area contributed by atoms with Crippen molar-refractivity contribution in [1.82, 2.24) is 0 Å². The molecule has 0 saturated heterocycles. The monoisotopic (exact) mass is 452 g/mol. The average Bonchev–Trinajstić information content (AvgIpc) is 2.78. The summed E-state index contributed by atoms with van der Waals surface area (Å²) in [4.78, 5) is 24.1. The number of carbonyl (C=O) groups is 2. The Balaban J connectivity index is 1.89. The molecule has 3 unspecified atom stereocenters. The lowest BCUT2D eigenvalue weighted by atomic mass is 9.94. The van der Waals surface area contributed by atoms with Gasteiger partial charge in [0.25, 0.3) is 0 Å². The number of aryl methyl sites for hydroxylation is 1. The molecule has 3 rings (SSSR count). The molecule has 3 aromatic carbocycles. The summed E-state index contributed by atoms with van der Waals surface area (Å²) in [5.41, 5.74) is 9.03. The van der Waals surface area contributed by atoms with Gasteiger partial charge in [0, 0.05) is 17.7 Å². The highest BCUT2D eigenvalue weighted by Gasteiger charge is 2.21. The van der Waals surface area contributed by atoms with E-state index in [2.05, 4.69) is 5.32 Å². The molecule has 0 aromatic heterocycles. The standard InChI is InChI=1S/C25H28N2O4S/c1-16(20-11-5-8-17-7-3-4-10-21(17)20)25(30)27-22-15-19(24(26)32(2)31)14-13-18(22)9-6-12-23(28)29/h3-5,7-8,10-11,13-16,24H,6,9,12,26H2,1-2H3,(H,27,30)(H,28,29). The number of carbonyl (C=O) groups excluding carboxylic acids is 1. The topological polar surface area (TPSA) is 115 Å². The van der Waals surface area contributed by atoms with Gasteiger partial charge in [-0.1, -0.05) is 54.6 Å². The molecule has 0 aliphatic heterocycles. The molecule has 3 atom stereocenters. The van der Waals surface area contributed by atoms with Crippen molar-refractivity contribution in [2.75, 3.05) is 11.6 Å². The van der Waals surface area contributed by atoms with Crippen LogP contribution in [0.4, 0.5) is 5.69 Å². The summed E-state index contributed by atoms with van der Waals surface area (Å²) >= 11 is -1.27. The number of nitrogens with one attached hydrogen (secondary N) is 1.